The second kappa shape index (κ2) is 6.23. The molecule has 0 aliphatic carbocycles. The van der Waals surface area contributed by atoms with Gasteiger partial charge in [-0.1, -0.05) is 6.42 Å². The van der Waals surface area contributed by atoms with Crippen molar-refractivity contribution in [1.29, 1.82) is 0 Å². The molecule has 0 aromatic heterocycles. The van der Waals surface area contributed by atoms with Gasteiger partial charge in [-0.05, 0) is 38.8 Å². The van der Waals surface area contributed by atoms with Gasteiger partial charge in [-0.15, -0.1) is 0 Å². The second-order valence-electron chi connectivity index (χ2n) is 5.48. The molecule has 1 aliphatic rings. The monoisotopic (exact) mass is 313 g/mol. The quantitative estimate of drug-likeness (QED) is 0.857. The maximum Gasteiger partial charge on any atom is 0.243 e. The van der Waals surface area contributed by atoms with Crippen LogP contribution in [0.3, 0.4) is 0 Å². The largest absolute Gasteiger partial charge is 0.493 e. The number of nitrogens with zero attached hydrogens (tertiary/aromatic N) is 1. The average molecular weight is 313 g/mol. The Balaban J connectivity index is 2.43. The lowest BCUT2D eigenvalue weighted by Crippen LogP contribution is -2.47. The van der Waals surface area contributed by atoms with Gasteiger partial charge >= 0.3 is 0 Å². The lowest BCUT2D eigenvalue weighted by molar-refractivity contribution is 0.204. The van der Waals surface area contributed by atoms with Gasteiger partial charge in [-0.25, -0.2) is 8.42 Å². The highest BCUT2D eigenvalue weighted by atomic mass is 32.2. The van der Waals surface area contributed by atoms with E-state index >= 15 is 0 Å². The summed E-state index contributed by atoms with van der Waals surface area (Å²) in [6.07, 6.45) is 2.87. The second-order valence-corrected chi connectivity index (χ2v) is 7.32. The molecule has 1 aromatic carbocycles. The number of sulfonamides is 1. The molecule has 2 unspecified atom stereocenters. The van der Waals surface area contributed by atoms with E-state index in [4.69, 9.17) is 9.47 Å². The third-order valence-electron chi connectivity index (χ3n) is 4.04. The lowest BCUT2D eigenvalue weighted by atomic mass is 10.0. The number of ether oxygens (including phenoxy) is 2. The van der Waals surface area contributed by atoms with Crippen LogP contribution < -0.4 is 9.47 Å². The molecular formula is C15H23NO4S. The van der Waals surface area contributed by atoms with Crippen LogP contribution in [0, 0.1) is 0 Å². The fourth-order valence-electron chi connectivity index (χ4n) is 2.97. The molecule has 0 radical (unpaired) electrons. The van der Waals surface area contributed by atoms with Gasteiger partial charge in [0, 0.05) is 18.2 Å². The van der Waals surface area contributed by atoms with E-state index in [1.165, 1.54) is 20.3 Å². The van der Waals surface area contributed by atoms with Gasteiger partial charge < -0.3 is 9.47 Å². The van der Waals surface area contributed by atoms with Crippen molar-refractivity contribution in [1.82, 2.24) is 4.31 Å². The van der Waals surface area contributed by atoms with Gasteiger partial charge in [0.25, 0.3) is 0 Å². The maximum absolute atomic E-state index is 12.9. The summed E-state index contributed by atoms with van der Waals surface area (Å²) in [5, 5.41) is 0. The smallest absolute Gasteiger partial charge is 0.243 e. The Hall–Kier alpha value is -1.27. The molecule has 0 N–H and O–H groups in total. The fourth-order valence-corrected chi connectivity index (χ4v) is 4.87. The van der Waals surface area contributed by atoms with Crippen molar-refractivity contribution in [2.45, 2.75) is 50.1 Å². The maximum atomic E-state index is 12.9. The minimum absolute atomic E-state index is 0.0202. The van der Waals surface area contributed by atoms with Crippen molar-refractivity contribution >= 4 is 10.0 Å². The van der Waals surface area contributed by atoms with Gasteiger partial charge in [0.05, 0.1) is 19.1 Å². The fraction of sp³-hybridized carbons (Fsp3) is 0.600. The predicted octanol–water partition coefficient (Wildman–Crippen LogP) is 2.66. The van der Waals surface area contributed by atoms with E-state index in [-0.39, 0.29) is 17.0 Å². The van der Waals surface area contributed by atoms with E-state index in [1.54, 1.807) is 16.4 Å². The third-order valence-corrected chi connectivity index (χ3v) is 6.17. The molecule has 0 spiro atoms. The highest BCUT2D eigenvalue weighted by Gasteiger charge is 2.35. The van der Waals surface area contributed by atoms with Crippen LogP contribution in [0.4, 0.5) is 0 Å². The summed E-state index contributed by atoms with van der Waals surface area (Å²) in [6.45, 7) is 3.93. The van der Waals surface area contributed by atoms with Crippen LogP contribution in [0.2, 0.25) is 0 Å². The first-order valence-electron chi connectivity index (χ1n) is 7.17. The Morgan fingerprint density at radius 1 is 1.05 bits per heavy atom. The Kier molecular flexibility index (Phi) is 4.78. The van der Waals surface area contributed by atoms with Crippen LogP contribution in [0.1, 0.15) is 33.1 Å². The van der Waals surface area contributed by atoms with Gasteiger partial charge in [-0.2, -0.15) is 4.31 Å². The van der Waals surface area contributed by atoms with E-state index in [2.05, 4.69) is 0 Å². The number of piperidine rings is 1. The predicted molar refractivity (Wildman–Crippen MR) is 81.3 cm³/mol. The molecule has 1 aliphatic heterocycles. The Bertz CT molecular complexity index is 590. The number of hydrogen-bond acceptors (Lipinski definition) is 4. The molecular weight excluding hydrogens is 290 g/mol. The highest BCUT2D eigenvalue weighted by Crippen LogP contribution is 2.34. The molecule has 0 bridgehead atoms. The van der Waals surface area contributed by atoms with Crippen molar-refractivity contribution in [2.75, 3.05) is 14.2 Å². The van der Waals surface area contributed by atoms with E-state index < -0.39 is 10.0 Å². The summed E-state index contributed by atoms with van der Waals surface area (Å²) in [5.41, 5.74) is 0. The van der Waals surface area contributed by atoms with Crippen molar-refractivity contribution < 1.29 is 17.9 Å². The summed E-state index contributed by atoms with van der Waals surface area (Å²) in [6, 6.07) is 4.77. The number of hydrogen-bond donors (Lipinski definition) is 0. The topological polar surface area (TPSA) is 55.8 Å². The molecule has 0 saturated carbocycles. The summed E-state index contributed by atoms with van der Waals surface area (Å²) in [4.78, 5) is 0.251. The normalized spacial score (nSPS) is 23.8. The Labute approximate surface area is 126 Å². The SMILES string of the molecule is COc1ccc(S(=O)(=O)N2C(C)CCCC2C)cc1OC. The first-order valence-corrected chi connectivity index (χ1v) is 8.61. The molecule has 21 heavy (non-hydrogen) atoms. The van der Waals surface area contributed by atoms with E-state index in [1.807, 2.05) is 13.8 Å². The molecule has 0 amide bonds. The first kappa shape index (κ1) is 16.1. The minimum atomic E-state index is -3.52. The molecule has 2 rings (SSSR count). The van der Waals surface area contributed by atoms with Crippen LogP contribution in [-0.4, -0.2) is 39.0 Å². The molecule has 1 saturated heterocycles. The van der Waals surface area contributed by atoms with E-state index in [0.717, 1.165) is 19.3 Å². The molecule has 118 valence electrons. The number of rotatable bonds is 4. The molecule has 2 atom stereocenters. The third kappa shape index (κ3) is 3.01. The van der Waals surface area contributed by atoms with Gasteiger partial charge in [0.15, 0.2) is 11.5 Å². The molecule has 1 fully saturated rings. The minimum Gasteiger partial charge on any atom is -0.493 e. The van der Waals surface area contributed by atoms with Crippen LogP contribution in [0.15, 0.2) is 23.1 Å². The van der Waals surface area contributed by atoms with Gasteiger partial charge in [0.1, 0.15) is 0 Å². The summed E-state index contributed by atoms with van der Waals surface area (Å²) in [5.74, 6) is 0.951. The zero-order valence-corrected chi connectivity index (χ0v) is 13.8. The number of methoxy groups -OCH3 is 2. The molecule has 6 heteroatoms. The van der Waals surface area contributed by atoms with Crippen molar-refractivity contribution in [3.63, 3.8) is 0 Å². The van der Waals surface area contributed by atoms with Gasteiger partial charge in [0.2, 0.25) is 10.0 Å². The number of benzene rings is 1. The molecule has 1 aromatic rings. The van der Waals surface area contributed by atoms with Crippen molar-refractivity contribution in [3.8, 4) is 11.5 Å². The Morgan fingerprint density at radius 2 is 1.62 bits per heavy atom. The van der Waals surface area contributed by atoms with Gasteiger partial charge in [-0.3, -0.25) is 0 Å². The molecule has 1 heterocycles. The average Bonchev–Trinajstić information content (AvgIpc) is 2.46. The van der Waals surface area contributed by atoms with Crippen molar-refractivity contribution in [3.05, 3.63) is 18.2 Å². The Morgan fingerprint density at radius 3 is 2.14 bits per heavy atom. The summed E-state index contributed by atoms with van der Waals surface area (Å²) in [7, 11) is -0.491. The highest BCUT2D eigenvalue weighted by molar-refractivity contribution is 7.89. The first-order chi connectivity index (χ1) is 9.91. The molecule has 5 nitrogen and oxygen atoms in total. The van der Waals surface area contributed by atoms with Crippen molar-refractivity contribution in [2.24, 2.45) is 0 Å². The van der Waals surface area contributed by atoms with Crippen LogP contribution in [-0.2, 0) is 10.0 Å². The standard InChI is InChI=1S/C15H23NO4S/c1-11-6-5-7-12(2)16(11)21(17,18)13-8-9-14(19-3)15(10-13)20-4/h8-12H,5-7H2,1-4H3. The van der Waals surface area contributed by atoms with E-state index in [9.17, 15) is 8.42 Å². The zero-order chi connectivity index (χ0) is 15.6. The summed E-state index contributed by atoms with van der Waals surface area (Å²) >= 11 is 0. The lowest BCUT2D eigenvalue weighted by Gasteiger charge is -2.37. The van der Waals surface area contributed by atoms with Crippen LogP contribution >= 0.6 is 0 Å². The van der Waals surface area contributed by atoms with Crippen LogP contribution in [0.25, 0.3) is 0 Å². The van der Waals surface area contributed by atoms with Crippen LogP contribution in [0.5, 0.6) is 11.5 Å². The van der Waals surface area contributed by atoms with E-state index in [0.29, 0.717) is 11.5 Å². The zero-order valence-electron chi connectivity index (χ0n) is 13.0. The summed E-state index contributed by atoms with van der Waals surface area (Å²) < 4.78 is 37.8.